The summed E-state index contributed by atoms with van der Waals surface area (Å²) in [5, 5.41) is 0. The highest BCUT2D eigenvalue weighted by atomic mass is 16.5. The van der Waals surface area contributed by atoms with Gasteiger partial charge in [-0.2, -0.15) is 0 Å². The second kappa shape index (κ2) is 6.98. The van der Waals surface area contributed by atoms with Gasteiger partial charge in [-0.3, -0.25) is 9.59 Å². The summed E-state index contributed by atoms with van der Waals surface area (Å²) in [5.41, 5.74) is 1.65. The number of esters is 1. The summed E-state index contributed by atoms with van der Waals surface area (Å²) in [6.07, 6.45) is 4.61. The van der Waals surface area contributed by atoms with Crippen LogP contribution in [0.15, 0.2) is 23.3 Å². The molecule has 0 aliphatic heterocycles. The van der Waals surface area contributed by atoms with Crippen LogP contribution < -0.4 is 0 Å². The number of methoxy groups -OCH3 is 1. The van der Waals surface area contributed by atoms with E-state index in [1.54, 1.807) is 13.0 Å². The molecule has 0 aliphatic carbocycles. The molecule has 0 aliphatic rings. The van der Waals surface area contributed by atoms with Crippen LogP contribution in [0.3, 0.4) is 0 Å². The highest BCUT2D eigenvalue weighted by Gasteiger charge is 2.03. The Balaban J connectivity index is 4.54. The average molecular weight is 210 g/mol. The minimum atomic E-state index is -0.253. The van der Waals surface area contributed by atoms with Crippen molar-refractivity contribution in [2.45, 2.75) is 33.6 Å². The van der Waals surface area contributed by atoms with E-state index in [-0.39, 0.29) is 18.2 Å². The van der Waals surface area contributed by atoms with E-state index in [0.29, 0.717) is 5.57 Å². The van der Waals surface area contributed by atoms with Crippen LogP contribution in [0.25, 0.3) is 0 Å². The highest BCUT2D eigenvalue weighted by Crippen LogP contribution is 2.08. The lowest BCUT2D eigenvalue weighted by Crippen LogP contribution is -2.01. The largest absolute Gasteiger partial charge is 0.469 e. The third kappa shape index (κ3) is 5.83. The minimum Gasteiger partial charge on any atom is -0.469 e. The Kier molecular flexibility index (Phi) is 6.34. The first-order valence-electron chi connectivity index (χ1n) is 4.95. The Morgan fingerprint density at radius 1 is 1.20 bits per heavy atom. The van der Waals surface area contributed by atoms with Crippen LogP contribution in [0.4, 0.5) is 0 Å². The Labute approximate surface area is 90.8 Å². The molecule has 0 saturated carbocycles. The molecule has 0 aromatic carbocycles. The molecule has 0 fully saturated rings. The number of ketones is 1. The maximum absolute atomic E-state index is 11.0. The van der Waals surface area contributed by atoms with Gasteiger partial charge in [-0.15, -0.1) is 0 Å². The summed E-state index contributed by atoms with van der Waals surface area (Å²) in [6, 6.07) is 0. The van der Waals surface area contributed by atoms with Crippen LogP contribution in [-0.2, 0) is 14.3 Å². The number of carbonyl (C=O) groups is 2. The van der Waals surface area contributed by atoms with Crippen molar-refractivity contribution in [3.05, 3.63) is 23.3 Å². The molecule has 0 aromatic rings. The third-order valence-corrected chi connectivity index (χ3v) is 2.18. The third-order valence-electron chi connectivity index (χ3n) is 2.18. The summed E-state index contributed by atoms with van der Waals surface area (Å²) < 4.78 is 4.57. The number of ether oxygens (including phenoxy) is 1. The van der Waals surface area contributed by atoms with E-state index in [9.17, 15) is 9.59 Å². The molecule has 0 N–H and O–H groups in total. The van der Waals surface area contributed by atoms with Gasteiger partial charge >= 0.3 is 5.97 Å². The number of carbonyl (C=O) groups excluding carboxylic acids is 2. The van der Waals surface area contributed by atoms with E-state index in [0.717, 1.165) is 12.0 Å². The smallest absolute Gasteiger partial charge is 0.309 e. The molecule has 0 unspecified atom stereocenters. The van der Waals surface area contributed by atoms with E-state index in [1.807, 2.05) is 13.0 Å². The summed E-state index contributed by atoms with van der Waals surface area (Å²) in [5.74, 6) is -0.211. The monoisotopic (exact) mass is 210 g/mol. The quantitative estimate of drug-likeness (QED) is 0.397. The van der Waals surface area contributed by atoms with Gasteiger partial charge in [-0.1, -0.05) is 24.6 Å². The van der Waals surface area contributed by atoms with Crippen molar-refractivity contribution in [3.63, 3.8) is 0 Å². The molecule has 15 heavy (non-hydrogen) atoms. The van der Waals surface area contributed by atoms with Crippen LogP contribution in [-0.4, -0.2) is 18.9 Å². The predicted molar refractivity (Wildman–Crippen MR) is 59.4 cm³/mol. The molecular formula is C12H18O3. The molecule has 84 valence electrons. The number of hydrogen-bond acceptors (Lipinski definition) is 3. The molecule has 0 saturated heterocycles. The zero-order valence-electron chi connectivity index (χ0n) is 9.79. The topological polar surface area (TPSA) is 43.4 Å². The van der Waals surface area contributed by atoms with Crippen LogP contribution in [0.5, 0.6) is 0 Å². The summed E-state index contributed by atoms with van der Waals surface area (Å²) >= 11 is 0. The lowest BCUT2D eigenvalue weighted by molar-refractivity contribution is -0.139. The van der Waals surface area contributed by atoms with Gasteiger partial charge in [0, 0.05) is 0 Å². The number of hydrogen-bond donors (Lipinski definition) is 0. The van der Waals surface area contributed by atoms with Crippen molar-refractivity contribution in [1.82, 2.24) is 0 Å². The SMILES string of the molecule is CC/C(=C\C=C(/C)C(C)=O)CC(=O)OC. The van der Waals surface area contributed by atoms with E-state index in [1.165, 1.54) is 14.0 Å². The summed E-state index contributed by atoms with van der Waals surface area (Å²) in [7, 11) is 1.37. The fourth-order valence-electron chi connectivity index (χ4n) is 0.920. The Hall–Kier alpha value is -1.38. The molecule has 0 heterocycles. The first-order valence-corrected chi connectivity index (χ1v) is 4.95. The maximum Gasteiger partial charge on any atom is 0.309 e. The van der Waals surface area contributed by atoms with Gasteiger partial charge in [-0.25, -0.2) is 0 Å². The fraction of sp³-hybridized carbons (Fsp3) is 0.500. The number of Topliss-reactive ketones (excluding diaryl/α,β-unsaturated/α-hetero) is 1. The first-order chi connectivity index (χ1) is 7.01. The van der Waals surface area contributed by atoms with Gasteiger partial charge < -0.3 is 4.74 Å². The van der Waals surface area contributed by atoms with Gasteiger partial charge in [0.2, 0.25) is 0 Å². The average Bonchev–Trinajstić information content (AvgIpc) is 2.22. The molecule has 3 nitrogen and oxygen atoms in total. The Morgan fingerprint density at radius 3 is 2.20 bits per heavy atom. The standard InChI is InChI=1S/C12H18O3/c1-5-11(8-12(14)15-4)7-6-9(2)10(3)13/h6-7H,5,8H2,1-4H3/b9-6+,11-7+. The summed E-state index contributed by atoms with van der Waals surface area (Å²) in [4.78, 5) is 21.9. The van der Waals surface area contributed by atoms with Gasteiger partial charge in [0.1, 0.15) is 0 Å². The molecular weight excluding hydrogens is 192 g/mol. The number of allylic oxidation sites excluding steroid dienone is 3. The van der Waals surface area contributed by atoms with Gasteiger partial charge in [0.25, 0.3) is 0 Å². The van der Waals surface area contributed by atoms with Crippen molar-refractivity contribution < 1.29 is 14.3 Å². The van der Waals surface area contributed by atoms with E-state index >= 15 is 0 Å². The van der Waals surface area contributed by atoms with Crippen LogP contribution in [0, 0.1) is 0 Å². The van der Waals surface area contributed by atoms with E-state index in [4.69, 9.17) is 0 Å². The minimum absolute atomic E-state index is 0.0415. The highest BCUT2D eigenvalue weighted by molar-refractivity contribution is 5.92. The van der Waals surface area contributed by atoms with Crippen molar-refractivity contribution in [2.75, 3.05) is 7.11 Å². The molecule has 0 aromatic heterocycles. The van der Waals surface area contributed by atoms with Crippen molar-refractivity contribution in [2.24, 2.45) is 0 Å². The molecule has 0 spiro atoms. The summed E-state index contributed by atoms with van der Waals surface area (Å²) in [6.45, 7) is 5.24. The van der Waals surface area contributed by atoms with E-state index in [2.05, 4.69) is 4.74 Å². The predicted octanol–water partition coefficient (Wildman–Crippen LogP) is 2.42. The van der Waals surface area contributed by atoms with Crippen molar-refractivity contribution in [1.29, 1.82) is 0 Å². The zero-order chi connectivity index (χ0) is 11.8. The van der Waals surface area contributed by atoms with E-state index < -0.39 is 0 Å². The second-order valence-corrected chi connectivity index (χ2v) is 3.34. The van der Waals surface area contributed by atoms with Gasteiger partial charge in [0.05, 0.1) is 13.5 Å². The van der Waals surface area contributed by atoms with Gasteiger partial charge in [0.15, 0.2) is 5.78 Å². The van der Waals surface area contributed by atoms with Crippen LogP contribution in [0.2, 0.25) is 0 Å². The van der Waals surface area contributed by atoms with Gasteiger partial charge in [-0.05, 0) is 25.8 Å². The molecule has 0 atom stereocenters. The molecule has 0 radical (unpaired) electrons. The zero-order valence-corrected chi connectivity index (χ0v) is 9.79. The number of rotatable bonds is 5. The molecule has 3 heteroatoms. The fourth-order valence-corrected chi connectivity index (χ4v) is 0.920. The van der Waals surface area contributed by atoms with Crippen molar-refractivity contribution in [3.8, 4) is 0 Å². The maximum atomic E-state index is 11.0. The van der Waals surface area contributed by atoms with Crippen LogP contribution >= 0.6 is 0 Å². The van der Waals surface area contributed by atoms with Crippen molar-refractivity contribution >= 4 is 11.8 Å². The first kappa shape index (κ1) is 13.6. The Bertz CT molecular complexity index is 298. The van der Waals surface area contributed by atoms with Crippen LogP contribution in [0.1, 0.15) is 33.6 Å². The molecule has 0 amide bonds. The molecule has 0 bridgehead atoms. The Morgan fingerprint density at radius 2 is 1.80 bits per heavy atom. The molecule has 0 rings (SSSR count). The normalized spacial score (nSPS) is 12.5. The lowest BCUT2D eigenvalue weighted by atomic mass is 10.1. The lowest BCUT2D eigenvalue weighted by Gasteiger charge is -2.01. The second-order valence-electron chi connectivity index (χ2n) is 3.34.